The number of benzene rings is 1. The molecule has 0 N–H and O–H groups in total. The Kier molecular flexibility index (Phi) is 5.14. The van der Waals surface area contributed by atoms with E-state index in [1.807, 2.05) is 0 Å². The quantitative estimate of drug-likeness (QED) is 0.671. The van der Waals surface area contributed by atoms with Gasteiger partial charge in [0, 0.05) is 0 Å². The number of amides is 1. The van der Waals surface area contributed by atoms with Gasteiger partial charge in [-0.3, -0.25) is 4.79 Å². The van der Waals surface area contributed by atoms with Crippen molar-refractivity contribution in [3.63, 3.8) is 0 Å². The number of fused-ring (bicyclic) bond motifs is 1. The first-order valence-corrected chi connectivity index (χ1v) is 14.4. The Balaban J connectivity index is 2.18. The van der Waals surface area contributed by atoms with E-state index in [-0.39, 0.29) is 16.5 Å². The first kappa shape index (κ1) is 22.5. The first-order chi connectivity index (χ1) is 13.1. The normalized spacial score (nSPS) is 29.9. The van der Waals surface area contributed by atoms with E-state index in [0.717, 1.165) is 0 Å². The van der Waals surface area contributed by atoms with Crippen LogP contribution in [0.4, 0.5) is 0 Å². The second-order valence-electron chi connectivity index (χ2n) is 10.2. The molecule has 0 spiro atoms. The molecule has 2 fully saturated rings. The molecule has 0 aliphatic carbocycles. The maximum absolute atomic E-state index is 13.8. The average Bonchev–Trinajstić information content (AvgIpc) is 3.03. The summed E-state index contributed by atoms with van der Waals surface area (Å²) in [6, 6.07) is 7.76. The van der Waals surface area contributed by atoms with Gasteiger partial charge in [-0.25, -0.2) is 8.42 Å². The van der Waals surface area contributed by atoms with Gasteiger partial charge in [-0.2, -0.15) is 0 Å². The van der Waals surface area contributed by atoms with Gasteiger partial charge in [-0.1, -0.05) is 39.0 Å². The third-order valence-corrected chi connectivity index (χ3v) is 13.8. The molecule has 1 aromatic carbocycles. The monoisotopic (exact) mass is 439 g/mol. The van der Waals surface area contributed by atoms with Crippen molar-refractivity contribution >= 4 is 24.1 Å². The van der Waals surface area contributed by atoms with Gasteiger partial charge >= 0.3 is 0 Å². The fourth-order valence-electron chi connectivity index (χ4n) is 3.98. The molecule has 2 aliphatic rings. The van der Waals surface area contributed by atoms with Gasteiger partial charge in [0.25, 0.3) is 0 Å². The van der Waals surface area contributed by atoms with E-state index in [2.05, 4.69) is 33.9 Å². The van der Waals surface area contributed by atoms with Crippen molar-refractivity contribution in [1.82, 2.24) is 4.90 Å². The lowest BCUT2D eigenvalue weighted by molar-refractivity contribution is -0.143. The minimum Gasteiger partial charge on any atom is -0.410 e. The smallest absolute Gasteiger partial charge is 0.249 e. The Morgan fingerprint density at radius 3 is 2.21 bits per heavy atom. The highest BCUT2D eigenvalue weighted by atomic mass is 32.2. The van der Waals surface area contributed by atoms with Crippen LogP contribution in [0.2, 0.25) is 18.1 Å². The minimum atomic E-state index is -4.00. The Bertz CT molecular complexity index is 907. The topological polar surface area (TPSA) is 72.9 Å². The Hall–Kier alpha value is -1.22. The van der Waals surface area contributed by atoms with Crippen LogP contribution in [0.15, 0.2) is 35.2 Å². The highest BCUT2D eigenvalue weighted by molar-refractivity contribution is 7.93. The summed E-state index contributed by atoms with van der Waals surface area (Å²) in [7, 11) is -6.37. The molecule has 3 atom stereocenters. The number of rotatable bonds is 4. The number of carbonyl (C=O) groups is 1. The van der Waals surface area contributed by atoms with Crippen molar-refractivity contribution < 1.29 is 22.4 Å². The van der Waals surface area contributed by atoms with E-state index in [9.17, 15) is 13.2 Å². The predicted octanol–water partition coefficient (Wildman–Crippen LogP) is 3.59. The zero-order valence-corrected chi connectivity index (χ0v) is 20.5. The summed E-state index contributed by atoms with van der Waals surface area (Å²) < 4.78 is 38.4. The summed E-state index contributed by atoms with van der Waals surface area (Å²) in [5, 5.41) is -0.129. The lowest BCUT2D eigenvalue weighted by Gasteiger charge is -2.42. The molecule has 29 heavy (non-hydrogen) atoms. The molecule has 0 bridgehead atoms. The number of hydrogen-bond acceptors (Lipinski definition) is 5. The summed E-state index contributed by atoms with van der Waals surface area (Å²) >= 11 is 0. The Morgan fingerprint density at radius 2 is 1.69 bits per heavy atom. The molecule has 2 aliphatic heterocycles. The van der Waals surface area contributed by atoms with Crippen LogP contribution in [0.5, 0.6) is 0 Å². The largest absolute Gasteiger partial charge is 0.410 e. The lowest BCUT2D eigenvalue weighted by Crippen LogP contribution is -2.57. The molecule has 162 valence electrons. The molecule has 2 heterocycles. The third-order valence-electron chi connectivity index (χ3n) is 6.89. The highest BCUT2D eigenvalue weighted by Gasteiger charge is 2.70. The van der Waals surface area contributed by atoms with E-state index in [0.29, 0.717) is 0 Å². The van der Waals surface area contributed by atoms with Crippen LogP contribution in [-0.4, -0.2) is 56.8 Å². The molecular weight excluding hydrogens is 406 g/mol. The van der Waals surface area contributed by atoms with Crippen molar-refractivity contribution in [3.8, 4) is 0 Å². The molecule has 0 unspecified atom stereocenters. The van der Waals surface area contributed by atoms with E-state index in [4.69, 9.17) is 9.16 Å². The SMILES string of the molecule is CC1(C)OC[C@H]2[C@H](O[Si](C)(C)C(C)(C)C)[C@](C)(S(=O)(=O)c3ccccc3)C(=O)N21. The molecule has 8 heteroatoms. The Morgan fingerprint density at radius 1 is 1.14 bits per heavy atom. The second-order valence-corrected chi connectivity index (χ2v) is 17.3. The maximum Gasteiger partial charge on any atom is 0.249 e. The van der Waals surface area contributed by atoms with E-state index >= 15 is 0 Å². The van der Waals surface area contributed by atoms with Crippen molar-refractivity contribution in [2.45, 2.75) is 87.2 Å². The van der Waals surface area contributed by atoms with Gasteiger partial charge in [-0.15, -0.1) is 0 Å². The summed E-state index contributed by atoms with van der Waals surface area (Å²) in [6.07, 6.45) is -0.803. The van der Waals surface area contributed by atoms with E-state index < -0.39 is 46.7 Å². The van der Waals surface area contributed by atoms with Crippen LogP contribution in [-0.2, 0) is 23.8 Å². The van der Waals surface area contributed by atoms with Crippen LogP contribution < -0.4 is 0 Å². The van der Waals surface area contributed by atoms with Gasteiger partial charge in [0.2, 0.25) is 5.91 Å². The van der Waals surface area contributed by atoms with E-state index in [1.165, 1.54) is 6.92 Å². The fourth-order valence-corrected chi connectivity index (χ4v) is 7.29. The number of nitrogens with zero attached hydrogens (tertiary/aromatic N) is 1. The summed E-state index contributed by atoms with van der Waals surface area (Å²) in [4.78, 5) is 15.4. The van der Waals surface area contributed by atoms with Gasteiger partial charge in [0.1, 0.15) is 5.72 Å². The second kappa shape index (κ2) is 6.64. The highest BCUT2D eigenvalue weighted by Crippen LogP contribution is 2.49. The standard InChI is InChI=1S/C21H33NO5SSi/c1-19(2,3)29(7,8)27-17-16-14-26-20(4,5)22(16)18(23)21(17,6)28(24,25)15-12-10-9-11-13-15/h9-13,16-17H,14H2,1-8H3/t16-,17-,21-/m0/s1. The van der Waals surface area contributed by atoms with Crippen LogP contribution in [0.3, 0.4) is 0 Å². The molecule has 3 rings (SSSR count). The molecule has 0 radical (unpaired) electrons. The summed E-state index contributed by atoms with van der Waals surface area (Å²) in [6.45, 7) is 15.9. The fraction of sp³-hybridized carbons (Fsp3) is 0.667. The molecule has 1 aromatic rings. The van der Waals surface area contributed by atoms with Crippen LogP contribution in [0, 0.1) is 0 Å². The summed E-state index contributed by atoms with van der Waals surface area (Å²) in [5.41, 5.74) is -0.874. The first-order valence-electron chi connectivity index (χ1n) is 10.0. The Labute approximate surface area is 175 Å². The number of sulfone groups is 1. The van der Waals surface area contributed by atoms with Crippen molar-refractivity contribution in [2.75, 3.05) is 6.61 Å². The van der Waals surface area contributed by atoms with Gasteiger partial charge in [0.15, 0.2) is 22.9 Å². The van der Waals surface area contributed by atoms with Crippen molar-refractivity contribution in [2.24, 2.45) is 0 Å². The molecule has 6 nitrogen and oxygen atoms in total. The molecule has 1 amide bonds. The van der Waals surface area contributed by atoms with E-state index in [1.54, 1.807) is 49.1 Å². The molecule has 2 saturated heterocycles. The zero-order valence-electron chi connectivity index (χ0n) is 18.6. The summed E-state index contributed by atoms with van der Waals surface area (Å²) in [5.74, 6) is -0.447. The number of hydrogen-bond donors (Lipinski definition) is 0. The van der Waals surface area contributed by atoms with Crippen molar-refractivity contribution in [3.05, 3.63) is 30.3 Å². The predicted molar refractivity (Wildman–Crippen MR) is 115 cm³/mol. The van der Waals surface area contributed by atoms with Crippen LogP contribution >= 0.6 is 0 Å². The molecular formula is C21H33NO5SSi. The molecule has 0 aromatic heterocycles. The number of carbonyl (C=O) groups excluding carboxylic acids is 1. The van der Waals surface area contributed by atoms with Gasteiger partial charge in [0.05, 0.1) is 23.6 Å². The number of ether oxygens (including phenoxy) is 1. The van der Waals surface area contributed by atoms with Gasteiger partial charge in [-0.05, 0) is 51.0 Å². The van der Waals surface area contributed by atoms with Gasteiger partial charge < -0.3 is 14.1 Å². The molecule has 0 saturated carbocycles. The maximum atomic E-state index is 13.8. The zero-order chi connectivity index (χ0) is 22.0. The van der Waals surface area contributed by atoms with Crippen LogP contribution in [0.1, 0.15) is 41.5 Å². The van der Waals surface area contributed by atoms with Crippen LogP contribution in [0.25, 0.3) is 0 Å². The lowest BCUT2D eigenvalue weighted by atomic mass is 10.0. The van der Waals surface area contributed by atoms with Crippen molar-refractivity contribution in [1.29, 1.82) is 0 Å². The minimum absolute atomic E-state index is 0.129. The average molecular weight is 440 g/mol. The third kappa shape index (κ3) is 3.19.